The maximum absolute atomic E-state index is 4.66. The molecule has 1 aliphatic rings. The maximum Gasteiger partial charge on any atom is 0.129 e. The van der Waals surface area contributed by atoms with Crippen LogP contribution in [-0.4, -0.2) is 36.1 Å². The van der Waals surface area contributed by atoms with Crippen molar-refractivity contribution in [3.63, 3.8) is 0 Å². The molecule has 0 amide bonds. The number of hydrogen-bond acceptors (Lipinski definition) is 4. The second-order valence-corrected chi connectivity index (χ2v) is 6.18. The van der Waals surface area contributed by atoms with E-state index in [4.69, 9.17) is 0 Å². The Kier molecular flexibility index (Phi) is 4.29. The van der Waals surface area contributed by atoms with Gasteiger partial charge in [-0.2, -0.15) is 11.8 Å². The quantitative estimate of drug-likeness (QED) is 0.890. The van der Waals surface area contributed by atoms with Gasteiger partial charge in [-0.25, -0.2) is 4.98 Å². The van der Waals surface area contributed by atoms with Crippen LogP contribution in [0.3, 0.4) is 0 Å². The molecule has 2 heterocycles. The standard InChI is InChI=1S/C13H21N3S/c1-10-6-12(8-14-3)7-13(15-10)16-4-5-17-11(2)9-16/h6-7,11,14H,4-5,8-9H2,1-3H3. The highest BCUT2D eigenvalue weighted by Crippen LogP contribution is 2.23. The summed E-state index contributed by atoms with van der Waals surface area (Å²) in [5.74, 6) is 2.35. The monoisotopic (exact) mass is 251 g/mol. The molecule has 0 saturated carbocycles. The Morgan fingerprint density at radius 2 is 2.35 bits per heavy atom. The molecule has 1 N–H and O–H groups in total. The fourth-order valence-electron chi connectivity index (χ4n) is 2.22. The molecule has 1 atom stereocenters. The van der Waals surface area contributed by atoms with Gasteiger partial charge in [0.25, 0.3) is 0 Å². The van der Waals surface area contributed by atoms with Crippen LogP contribution in [0.25, 0.3) is 0 Å². The van der Waals surface area contributed by atoms with Crippen molar-refractivity contribution in [2.24, 2.45) is 0 Å². The summed E-state index contributed by atoms with van der Waals surface area (Å²) in [4.78, 5) is 7.07. The smallest absolute Gasteiger partial charge is 0.129 e. The fourth-order valence-corrected chi connectivity index (χ4v) is 3.23. The summed E-state index contributed by atoms with van der Waals surface area (Å²) in [6.45, 7) is 7.50. The van der Waals surface area contributed by atoms with Gasteiger partial charge in [0, 0.05) is 36.3 Å². The Bertz CT molecular complexity index is 381. The fraction of sp³-hybridized carbons (Fsp3) is 0.615. The van der Waals surface area contributed by atoms with Crippen molar-refractivity contribution in [1.29, 1.82) is 0 Å². The van der Waals surface area contributed by atoms with Crippen LogP contribution in [0.5, 0.6) is 0 Å². The van der Waals surface area contributed by atoms with Crippen molar-refractivity contribution >= 4 is 17.6 Å². The Balaban J connectivity index is 2.18. The van der Waals surface area contributed by atoms with E-state index in [0.717, 1.165) is 31.1 Å². The molecule has 0 aromatic carbocycles. The van der Waals surface area contributed by atoms with E-state index in [0.29, 0.717) is 5.25 Å². The van der Waals surface area contributed by atoms with Crippen LogP contribution in [0.15, 0.2) is 12.1 Å². The van der Waals surface area contributed by atoms with Crippen molar-refractivity contribution in [3.8, 4) is 0 Å². The van der Waals surface area contributed by atoms with Crippen LogP contribution in [-0.2, 0) is 6.54 Å². The average Bonchev–Trinajstić information content (AvgIpc) is 2.28. The van der Waals surface area contributed by atoms with Crippen LogP contribution in [0.2, 0.25) is 0 Å². The number of hydrogen-bond donors (Lipinski definition) is 1. The minimum Gasteiger partial charge on any atom is -0.355 e. The summed E-state index contributed by atoms with van der Waals surface area (Å²) in [5, 5.41) is 3.91. The topological polar surface area (TPSA) is 28.2 Å². The van der Waals surface area contributed by atoms with E-state index in [2.05, 4.69) is 52.9 Å². The lowest BCUT2D eigenvalue weighted by molar-refractivity contribution is 0.761. The molecule has 0 spiro atoms. The molecule has 0 bridgehead atoms. The third-order valence-corrected chi connectivity index (χ3v) is 4.08. The number of nitrogens with zero attached hydrogens (tertiary/aromatic N) is 2. The zero-order valence-electron chi connectivity index (χ0n) is 10.9. The predicted molar refractivity (Wildman–Crippen MR) is 75.9 cm³/mol. The first-order chi connectivity index (χ1) is 8.19. The molecular weight excluding hydrogens is 230 g/mol. The normalized spacial score (nSPS) is 20.6. The van der Waals surface area contributed by atoms with Gasteiger partial charge in [0.1, 0.15) is 5.82 Å². The Labute approximate surface area is 108 Å². The number of thioether (sulfide) groups is 1. The third-order valence-electron chi connectivity index (χ3n) is 2.95. The van der Waals surface area contributed by atoms with E-state index in [9.17, 15) is 0 Å². The van der Waals surface area contributed by atoms with E-state index in [-0.39, 0.29) is 0 Å². The number of aryl methyl sites for hydroxylation is 1. The second-order valence-electron chi connectivity index (χ2n) is 4.63. The van der Waals surface area contributed by atoms with Crippen molar-refractivity contribution < 1.29 is 0 Å². The molecule has 1 unspecified atom stereocenters. The first-order valence-corrected chi connectivity index (χ1v) is 7.22. The predicted octanol–water partition coefficient (Wildman–Crippen LogP) is 2.05. The molecular formula is C13H21N3S. The van der Waals surface area contributed by atoms with Crippen LogP contribution in [0, 0.1) is 6.92 Å². The SMILES string of the molecule is CNCc1cc(C)nc(N2CCSC(C)C2)c1. The molecule has 4 heteroatoms. The number of pyridine rings is 1. The number of aromatic nitrogens is 1. The summed E-state index contributed by atoms with van der Waals surface area (Å²) in [7, 11) is 1.98. The van der Waals surface area contributed by atoms with E-state index >= 15 is 0 Å². The third kappa shape index (κ3) is 3.36. The highest BCUT2D eigenvalue weighted by atomic mass is 32.2. The molecule has 1 aromatic rings. The highest BCUT2D eigenvalue weighted by molar-refractivity contribution is 8.00. The number of anilines is 1. The average molecular weight is 251 g/mol. The lowest BCUT2D eigenvalue weighted by Crippen LogP contribution is -2.37. The molecule has 3 nitrogen and oxygen atoms in total. The van der Waals surface area contributed by atoms with Crippen molar-refractivity contribution in [2.45, 2.75) is 25.6 Å². The van der Waals surface area contributed by atoms with E-state index in [1.807, 2.05) is 7.05 Å². The Hall–Kier alpha value is -0.740. The van der Waals surface area contributed by atoms with Crippen molar-refractivity contribution in [2.75, 3.05) is 30.8 Å². The van der Waals surface area contributed by atoms with Gasteiger partial charge in [-0.05, 0) is 31.7 Å². The minimum absolute atomic E-state index is 0.707. The largest absolute Gasteiger partial charge is 0.355 e. The molecule has 1 fully saturated rings. The summed E-state index contributed by atoms with van der Waals surface area (Å²) in [6.07, 6.45) is 0. The van der Waals surface area contributed by atoms with Gasteiger partial charge in [-0.15, -0.1) is 0 Å². The minimum atomic E-state index is 0.707. The zero-order chi connectivity index (χ0) is 12.3. The molecule has 1 saturated heterocycles. The van der Waals surface area contributed by atoms with Crippen molar-refractivity contribution in [3.05, 3.63) is 23.4 Å². The lowest BCUT2D eigenvalue weighted by Gasteiger charge is -2.32. The molecule has 0 radical (unpaired) electrons. The molecule has 1 aliphatic heterocycles. The van der Waals surface area contributed by atoms with Crippen LogP contribution in [0.4, 0.5) is 5.82 Å². The van der Waals surface area contributed by atoms with E-state index in [1.54, 1.807) is 0 Å². The highest BCUT2D eigenvalue weighted by Gasteiger charge is 2.18. The molecule has 94 valence electrons. The first-order valence-electron chi connectivity index (χ1n) is 6.18. The molecule has 2 rings (SSSR count). The number of rotatable bonds is 3. The second kappa shape index (κ2) is 5.74. The molecule has 17 heavy (non-hydrogen) atoms. The maximum atomic E-state index is 4.66. The van der Waals surface area contributed by atoms with Gasteiger partial charge in [0.15, 0.2) is 0 Å². The van der Waals surface area contributed by atoms with Crippen LogP contribution >= 0.6 is 11.8 Å². The Morgan fingerprint density at radius 3 is 3.06 bits per heavy atom. The van der Waals surface area contributed by atoms with Gasteiger partial charge >= 0.3 is 0 Å². The summed E-state index contributed by atoms with van der Waals surface area (Å²) in [5.41, 5.74) is 2.43. The van der Waals surface area contributed by atoms with Crippen molar-refractivity contribution in [1.82, 2.24) is 10.3 Å². The first kappa shape index (κ1) is 12.7. The van der Waals surface area contributed by atoms with Gasteiger partial charge < -0.3 is 10.2 Å². The van der Waals surface area contributed by atoms with Crippen LogP contribution in [0.1, 0.15) is 18.2 Å². The van der Waals surface area contributed by atoms with E-state index in [1.165, 1.54) is 11.3 Å². The summed E-state index contributed by atoms with van der Waals surface area (Å²) in [6, 6.07) is 4.37. The number of nitrogens with one attached hydrogen (secondary N) is 1. The van der Waals surface area contributed by atoms with Gasteiger partial charge in [-0.1, -0.05) is 6.92 Å². The van der Waals surface area contributed by atoms with Gasteiger partial charge in [0.2, 0.25) is 0 Å². The lowest BCUT2D eigenvalue weighted by atomic mass is 10.2. The van der Waals surface area contributed by atoms with Crippen LogP contribution < -0.4 is 10.2 Å². The summed E-state index contributed by atoms with van der Waals surface area (Å²) >= 11 is 2.05. The van der Waals surface area contributed by atoms with E-state index < -0.39 is 0 Å². The van der Waals surface area contributed by atoms with Gasteiger partial charge in [0.05, 0.1) is 0 Å². The van der Waals surface area contributed by atoms with Gasteiger partial charge in [-0.3, -0.25) is 0 Å². The molecule has 0 aliphatic carbocycles. The molecule has 1 aromatic heterocycles. The zero-order valence-corrected chi connectivity index (χ0v) is 11.7. The Morgan fingerprint density at radius 1 is 1.53 bits per heavy atom. The summed E-state index contributed by atoms with van der Waals surface area (Å²) < 4.78 is 0.